The molecule has 2 unspecified atom stereocenters. The monoisotopic (exact) mass is 144 g/mol. The van der Waals surface area contributed by atoms with Gasteiger partial charge in [-0.15, -0.1) is 0 Å². The van der Waals surface area contributed by atoms with Crippen LogP contribution in [0.3, 0.4) is 0 Å². The smallest absolute Gasteiger partial charge is 0.160 e. The second-order valence-electron chi connectivity index (χ2n) is 1.86. The summed E-state index contributed by atoms with van der Waals surface area (Å²) < 4.78 is 18.9. The van der Waals surface area contributed by atoms with Gasteiger partial charge in [-0.3, -0.25) is 0 Å². The van der Waals surface area contributed by atoms with E-state index in [0.717, 1.165) is 0 Å². The SMILES string of the molecule is O=S(O)C1C=CC=CC1. The average molecular weight is 144 g/mol. The minimum Gasteiger partial charge on any atom is -0.306 e. The Hall–Kier alpha value is -0.410. The fraction of sp³-hybridized carbons (Fsp3) is 0.333. The van der Waals surface area contributed by atoms with Gasteiger partial charge >= 0.3 is 0 Å². The van der Waals surface area contributed by atoms with Gasteiger partial charge in [0.2, 0.25) is 0 Å². The van der Waals surface area contributed by atoms with Gasteiger partial charge in [-0.05, 0) is 6.42 Å². The first-order valence-electron chi connectivity index (χ1n) is 2.73. The molecule has 0 bridgehead atoms. The van der Waals surface area contributed by atoms with Crippen LogP contribution in [0, 0.1) is 0 Å². The summed E-state index contributed by atoms with van der Waals surface area (Å²) in [6.07, 6.45) is 7.99. The number of hydrogen-bond acceptors (Lipinski definition) is 1. The normalized spacial score (nSPS) is 28.3. The van der Waals surface area contributed by atoms with E-state index < -0.39 is 11.1 Å². The van der Waals surface area contributed by atoms with Crippen molar-refractivity contribution >= 4 is 11.1 Å². The molecule has 9 heavy (non-hydrogen) atoms. The zero-order chi connectivity index (χ0) is 6.69. The predicted molar refractivity (Wildman–Crippen MR) is 37.5 cm³/mol. The van der Waals surface area contributed by atoms with E-state index in [-0.39, 0.29) is 5.25 Å². The van der Waals surface area contributed by atoms with Crippen molar-refractivity contribution in [1.82, 2.24) is 0 Å². The lowest BCUT2D eigenvalue weighted by Gasteiger charge is -2.05. The van der Waals surface area contributed by atoms with E-state index in [1.54, 1.807) is 12.2 Å². The van der Waals surface area contributed by atoms with Gasteiger partial charge < -0.3 is 4.55 Å². The molecule has 0 saturated heterocycles. The highest BCUT2D eigenvalue weighted by Gasteiger charge is 2.09. The molecule has 3 heteroatoms. The lowest BCUT2D eigenvalue weighted by atomic mass is 10.2. The minimum absolute atomic E-state index is 0.185. The molecule has 50 valence electrons. The third-order valence-electron chi connectivity index (χ3n) is 1.20. The van der Waals surface area contributed by atoms with Gasteiger partial charge in [-0.2, -0.15) is 0 Å². The number of rotatable bonds is 1. The van der Waals surface area contributed by atoms with Crippen molar-refractivity contribution in [2.75, 3.05) is 0 Å². The van der Waals surface area contributed by atoms with Crippen molar-refractivity contribution in [2.24, 2.45) is 0 Å². The van der Waals surface area contributed by atoms with Crippen molar-refractivity contribution in [3.63, 3.8) is 0 Å². The van der Waals surface area contributed by atoms with Gasteiger partial charge in [0.1, 0.15) is 0 Å². The molecule has 0 aromatic carbocycles. The Kier molecular flexibility index (Phi) is 2.19. The second kappa shape index (κ2) is 2.94. The van der Waals surface area contributed by atoms with Crippen molar-refractivity contribution in [1.29, 1.82) is 0 Å². The molecule has 2 nitrogen and oxygen atoms in total. The molecule has 0 spiro atoms. The summed E-state index contributed by atoms with van der Waals surface area (Å²) in [5.74, 6) is 0. The maximum absolute atomic E-state index is 10.4. The van der Waals surface area contributed by atoms with Gasteiger partial charge in [0.05, 0.1) is 5.25 Å². The van der Waals surface area contributed by atoms with Gasteiger partial charge in [-0.1, -0.05) is 24.3 Å². The second-order valence-corrected chi connectivity index (χ2v) is 3.02. The quantitative estimate of drug-likeness (QED) is 0.559. The van der Waals surface area contributed by atoms with Crippen LogP contribution in [0.5, 0.6) is 0 Å². The van der Waals surface area contributed by atoms with Crippen LogP contribution in [0.2, 0.25) is 0 Å². The standard InChI is InChI=1S/C6H8O2S/c7-9(8)6-4-2-1-3-5-6/h1-4,6H,5H2,(H,7,8). The van der Waals surface area contributed by atoms with Crippen LogP contribution in [0.4, 0.5) is 0 Å². The van der Waals surface area contributed by atoms with Crippen LogP contribution in [-0.4, -0.2) is 14.0 Å². The summed E-state index contributed by atoms with van der Waals surface area (Å²) in [5.41, 5.74) is 0. The molecule has 1 aliphatic carbocycles. The zero-order valence-corrected chi connectivity index (χ0v) is 5.67. The maximum atomic E-state index is 10.4. The summed E-state index contributed by atoms with van der Waals surface area (Å²) in [5, 5.41) is -0.185. The molecule has 2 atom stereocenters. The highest BCUT2D eigenvalue weighted by Crippen LogP contribution is 2.07. The van der Waals surface area contributed by atoms with E-state index in [4.69, 9.17) is 4.55 Å². The van der Waals surface area contributed by atoms with Crippen LogP contribution in [0.15, 0.2) is 24.3 Å². The molecule has 0 radical (unpaired) electrons. The molecule has 0 amide bonds. The summed E-state index contributed by atoms with van der Waals surface area (Å²) >= 11 is -1.69. The van der Waals surface area contributed by atoms with E-state index in [1.807, 2.05) is 12.2 Å². The van der Waals surface area contributed by atoms with Crippen LogP contribution in [-0.2, 0) is 11.1 Å². The highest BCUT2D eigenvalue weighted by atomic mass is 32.2. The minimum atomic E-state index is -1.69. The molecular formula is C6H8O2S. The van der Waals surface area contributed by atoms with Crippen LogP contribution in [0.25, 0.3) is 0 Å². The van der Waals surface area contributed by atoms with E-state index in [1.165, 1.54) is 0 Å². The van der Waals surface area contributed by atoms with Crippen LogP contribution in [0.1, 0.15) is 6.42 Å². The molecule has 0 fully saturated rings. The summed E-state index contributed by atoms with van der Waals surface area (Å²) in [4.78, 5) is 0. The van der Waals surface area contributed by atoms with E-state index in [0.29, 0.717) is 6.42 Å². The summed E-state index contributed by atoms with van der Waals surface area (Å²) in [7, 11) is 0. The van der Waals surface area contributed by atoms with Gasteiger partial charge in [0, 0.05) is 0 Å². The fourth-order valence-corrected chi connectivity index (χ4v) is 1.21. The number of allylic oxidation sites excluding steroid dienone is 3. The Bertz CT molecular complexity index is 172. The van der Waals surface area contributed by atoms with E-state index in [2.05, 4.69) is 0 Å². The Morgan fingerprint density at radius 3 is 2.67 bits per heavy atom. The fourth-order valence-electron chi connectivity index (χ4n) is 0.707. The third kappa shape index (κ3) is 1.77. The Morgan fingerprint density at radius 1 is 1.56 bits per heavy atom. The first-order valence-corrected chi connectivity index (χ1v) is 3.90. The zero-order valence-electron chi connectivity index (χ0n) is 4.86. The molecule has 0 aromatic heterocycles. The largest absolute Gasteiger partial charge is 0.306 e. The summed E-state index contributed by atoms with van der Waals surface area (Å²) in [6, 6.07) is 0. The molecule has 1 N–H and O–H groups in total. The van der Waals surface area contributed by atoms with Crippen molar-refractivity contribution in [3.05, 3.63) is 24.3 Å². The molecule has 1 aliphatic rings. The van der Waals surface area contributed by atoms with Crippen LogP contribution < -0.4 is 0 Å². The third-order valence-corrected chi connectivity index (χ3v) is 2.07. The lowest BCUT2D eigenvalue weighted by Crippen LogP contribution is -2.10. The topological polar surface area (TPSA) is 37.3 Å². The highest BCUT2D eigenvalue weighted by molar-refractivity contribution is 7.80. The number of hydrogen-bond donors (Lipinski definition) is 1. The Labute approximate surface area is 56.6 Å². The van der Waals surface area contributed by atoms with Crippen LogP contribution >= 0.6 is 0 Å². The molecule has 0 aromatic rings. The first kappa shape index (κ1) is 6.71. The predicted octanol–water partition coefficient (Wildman–Crippen LogP) is 1.09. The summed E-state index contributed by atoms with van der Waals surface area (Å²) in [6.45, 7) is 0. The first-order chi connectivity index (χ1) is 4.30. The molecule has 1 rings (SSSR count). The lowest BCUT2D eigenvalue weighted by molar-refractivity contribution is 0.556. The average Bonchev–Trinajstić information content (AvgIpc) is 1.90. The molecule has 0 saturated carbocycles. The van der Waals surface area contributed by atoms with E-state index in [9.17, 15) is 4.21 Å². The Balaban J connectivity index is 2.56. The Morgan fingerprint density at radius 2 is 2.33 bits per heavy atom. The van der Waals surface area contributed by atoms with E-state index >= 15 is 0 Å². The van der Waals surface area contributed by atoms with Crippen molar-refractivity contribution in [2.45, 2.75) is 11.7 Å². The van der Waals surface area contributed by atoms with Gasteiger partial charge in [0.25, 0.3) is 0 Å². The van der Waals surface area contributed by atoms with Crippen molar-refractivity contribution < 1.29 is 8.76 Å². The van der Waals surface area contributed by atoms with Gasteiger partial charge in [0.15, 0.2) is 11.1 Å². The van der Waals surface area contributed by atoms with Gasteiger partial charge in [-0.25, -0.2) is 4.21 Å². The molecular weight excluding hydrogens is 136 g/mol. The maximum Gasteiger partial charge on any atom is 0.160 e. The molecule has 0 aliphatic heterocycles. The molecule has 0 heterocycles. The van der Waals surface area contributed by atoms with Crippen molar-refractivity contribution in [3.8, 4) is 0 Å².